The highest BCUT2D eigenvalue weighted by atomic mass is 32.1. The van der Waals surface area contributed by atoms with Gasteiger partial charge in [0.15, 0.2) is 0 Å². The van der Waals surface area contributed by atoms with E-state index in [1.54, 1.807) is 0 Å². The molecule has 0 bridgehead atoms. The van der Waals surface area contributed by atoms with Crippen molar-refractivity contribution in [1.29, 1.82) is 0 Å². The molecule has 6 aromatic carbocycles. The van der Waals surface area contributed by atoms with Crippen LogP contribution in [-0.4, -0.2) is 6.71 Å². The Balaban J connectivity index is 1.24. The summed E-state index contributed by atoms with van der Waals surface area (Å²) in [5, 5.41) is 1.40. The predicted molar refractivity (Wildman–Crippen MR) is 334 cm³/mol. The first-order chi connectivity index (χ1) is 35.2. The first-order valence-corrected chi connectivity index (χ1v) is 30.0. The van der Waals surface area contributed by atoms with Gasteiger partial charge < -0.3 is 9.80 Å². The second-order valence-electron chi connectivity index (χ2n) is 30.8. The summed E-state index contributed by atoms with van der Waals surface area (Å²) in [5.41, 5.74) is 28.4. The van der Waals surface area contributed by atoms with Crippen molar-refractivity contribution in [3.05, 3.63) is 147 Å². The molecule has 12 rings (SSSR count). The molecule has 0 saturated heterocycles. The van der Waals surface area contributed by atoms with E-state index in [9.17, 15) is 0 Å². The number of benzene rings is 6. The first-order valence-electron chi connectivity index (χ1n) is 29.2. The smallest absolute Gasteiger partial charge is 0.264 e. The number of hydrogen-bond donors (Lipinski definition) is 0. The van der Waals surface area contributed by atoms with Crippen LogP contribution < -0.4 is 25.5 Å². The van der Waals surface area contributed by atoms with Crippen LogP contribution in [0.4, 0.5) is 34.1 Å². The fourth-order valence-corrected chi connectivity index (χ4v) is 16.3. The van der Waals surface area contributed by atoms with E-state index < -0.39 is 0 Å². The van der Waals surface area contributed by atoms with Crippen LogP contribution in [0.15, 0.2) is 91.0 Å². The molecule has 0 fully saturated rings. The highest BCUT2D eigenvalue weighted by Gasteiger charge is 2.51. The molecule has 76 heavy (non-hydrogen) atoms. The largest absolute Gasteiger partial charge is 0.310 e. The highest BCUT2D eigenvalue weighted by molar-refractivity contribution is 7.33. The molecule has 7 aromatic rings. The topological polar surface area (TPSA) is 6.48 Å². The van der Waals surface area contributed by atoms with Gasteiger partial charge in [0.25, 0.3) is 6.71 Å². The van der Waals surface area contributed by atoms with Gasteiger partial charge in [0.2, 0.25) is 0 Å². The van der Waals surface area contributed by atoms with Crippen LogP contribution in [0.25, 0.3) is 21.2 Å². The summed E-state index contributed by atoms with van der Waals surface area (Å²) in [6.45, 7) is 49.0. The Morgan fingerprint density at radius 3 is 1.57 bits per heavy atom. The predicted octanol–water partition coefficient (Wildman–Crippen LogP) is 18.9. The summed E-state index contributed by atoms with van der Waals surface area (Å²) in [6.07, 6.45) is 7.09. The van der Waals surface area contributed by atoms with Gasteiger partial charge in [-0.15, -0.1) is 11.3 Å². The molecule has 2 nitrogen and oxygen atoms in total. The van der Waals surface area contributed by atoms with Crippen LogP contribution in [-0.2, 0) is 43.3 Å². The lowest BCUT2D eigenvalue weighted by molar-refractivity contribution is 0.332. The average molecular weight is 1020 g/mol. The van der Waals surface area contributed by atoms with Crippen LogP contribution in [0.2, 0.25) is 0 Å². The fraction of sp³-hybridized carbons (Fsp3) is 0.472. The van der Waals surface area contributed by atoms with Gasteiger partial charge in [-0.05, 0) is 210 Å². The minimum Gasteiger partial charge on any atom is -0.310 e. The Morgan fingerprint density at radius 1 is 0.461 bits per heavy atom. The molecule has 3 heterocycles. The Morgan fingerprint density at radius 2 is 0.974 bits per heavy atom. The van der Waals surface area contributed by atoms with Gasteiger partial charge in [-0.2, -0.15) is 0 Å². The summed E-state index contributed by atoms with van der Waals surface area (Å²) in [7, 11) is 0. The molecule has 0 radical (unpaired) electrons. The standard InChI is InChI=1S/C72H87BN2S/c1-42-35-56-60-57(36-42)75(61-43(2)37-46(66(6,7)8)39-48(61)44-21-26-50-52(38-44)69(13,14)30-29-67(50,9)10)63-55(28-27-51-59(63)72(19,20)34-33-68(51,11)12)73(60)64-62(74(56)47-24-22-45(23-25-47)65(3,4)5)49-40-53-54(41-58(49)76-64)71(17,18)32-31-70(53,15)16/h21-28,35-41H,29-34H2,1-20H3. The van der Waals surface area contributed by atoms with E-state index in [1.165, 1.54) is 159 Å². The summed E-state index contributed by atoms with van der Waals surface area (Å²) >= 11 is 2.08. The van der Waals surface area contributed by atoms with Crippen molar-refractivity contribution in [1.82, 2.24) is 0 Å². The molecule has 0 atom stereocenters. The molecule has 3 aliphatic carbocycles. The van der Waals surface area contributed by atoms with Crippen molar-refractivity contribution in [3.8, 4) is 11.1 Å². The maximum Gasteiger partial charge on any atom is 0.264 e. The zero-order valence-electron chi connectivity index (χ0n) is 50.3. The molecule has 4 heteroatoms. The monoisotopic (exact) mass is 1020 g/mol. The van der Waals surface area contributed by atoms with Crippen LogP contribution >= 0.6 is 11.3 Å². The van der Waals surface area contributed by atoms with Gasteiger partial charge in [0.1, 0.15) is 0 Å². The summed E-state index contributed by atoms with van der Waals surface area (Å²) in [5.74, 6) is 0. The fourth-order valence-electron chi connectivity index (χ4n) is 15.0. The third-order valence-corrected chi connectivity index (χ3v) is 21.5. The first kappa shape index (κ1) is 51.7. The van der Waals surface area contributed by atoms with Crippen LogP contribution in [0.1, 0.15) is 219 Å². The molecule has 0 unspecified atom stereocenters. The number of fused-ring (bicyclic) bond motifs is 10. The number of anilines is 6. The maximum atomic E-state index is 2.86. The van der Waals surface area contributed by atoms with Gasteiger partial charge in [-0.25, -0.2) is 0 Å². The molecule has 0 N–H and O–H groups in total. The van der Waals surface area contributed by atoms with E-state index in [4.69, 9.17) is 0 Å². The van der Waals surface area contributed by atoms with E-state index in [1.807, 2.05) is 0 Å². The van der Waals surface area contributed by atoms with E-state index in [2.05, 4.69) is 251 Å². The summed E-state index contributed by atoms with van der Waals surface area (Å²) in [4.78, 5) is 5.57. The van der Waals surface area contributed by atoms with Crippen molar-refractivity contribution in [2.75, 3.05) is 9.80 Å². The van der Waals surface area contributed by atoms with Crippen LogP contribution in [0.3, 0.4) is 0 Å². The van der Waals surface area contributed by atoms with Crippen molar-refractivity contribution in [3.63, 3.8) is 0 Å². The molecular formula is C72H87BN2S. The van der Waals surface area contributed by atoms with Crippen molar-refractivity contribution >= 4 is 78.0 Å². The van der Waals surface area contributed by atoms with E-state index in [0.29, 0.717) is 0 Å². The second kappa shape index (κ2) is 16.3. The van der Waals surface area contributed by atoms with Gasteiger partial charge in [0, 0.05) is 43.2 Å². The van der Waals surface area contributed by atoms with Crippen molar-refractivity contribution in [2.24, 2.45) is 0 Å². The molecule has 394 valence electrons. The van der Waals surface area contributed by atoms with Gasteiger partial charge in [0.05, 0.1) is 11.4 Å². The molecule has 0 amide bonds. The lowest BCUT2D eigenvalue weighted by atomic mass is 9.35. The van der Waals surface area contributed by atoms with Crippen LogP contribution in [0.5, 0.6) is 0 Å². The lowest BCUT2D eigenvalue weighted by Crippen LogP contribution is -2.61. The quantitative estimate of drug-likeness (QED) is 0.163. The van der Waals surface area contributed by atoms with Gasteiger partial charge >= 0.3 is 0 Å². The average Bonchev–Trinajstić information content (AvgIpc) is 3.67. The molecule has 1 aromatic heterocycles. The number of rotatable bonds is 3. The van der Waals surface area contributed by atoms with Crippen LogP contribution in [0, 0.1) is 13.8 Å². The maximum absolute atomic E-state index is 2.86. The number of nitrogens with zero attached hydrogens (tertiary/aromatic N) is 2. The molecule has 0 saturated carbocycles. The molecule has 0 spiro atoms. The van der Waals surface area contributed by atoms with Crippen molar-refractivity contribution < 1.29 is 0 Å². The zero-order valence-corrected chi connectivity index (χ0v) is 51.1. The number of hydrogen-bond acceptors (Lipinski definition) is 3. The number of aryl methyl sites for hydroxylation is 2. The van der Waals surface area contributed by atoms with Crippen molar-refractivity contribution in [2.45, 2.75) is 220 Å². The minimum absolute atomic E-state index is 0.0263. The molecular weight excluding hydrogens is 936 g/mol. The highest BCUT2D eigenvalue weighted by Crippen LogP contribution is 2.58. The Labute approximate surface area is 463 Å². The SMILES string of the molecule is Cc1cc2c3c(c1)N(c1ccc(C(C)(C)C)cc1)c1c(sc4cc5c(cc14)C(C)(C)CCC5(C)C)B3c1ccc3c(c1N2c1c(C)cc(C(C)(C)C)cc1-c1ccc2c(c1)C(C)(C)CCC2(C)C)C(C)(C)CCC3(C)C. The second-order valence-corrected chi connectivity index (χ2v) is 31.8. The normalized spacial score (nSPS) is 20.1. The van der Waals surface area contributed by atoms with E-state index in [-0.39, 0.29) is 50.0 Å². The Hall–Kier alpha value is -5.06. The van der Waals surface area contributed by atoms with Gasteiger partial charge in [-0.3, -0.25) is 0 Å². The van der Waals surface area contributed by atoms with E-state index >= 15 is 0 Å². The zero-order chi connectivity index (χ0) is 54.6. The molecule has 2 aliphatic heterocycles. The Bertz CT molecular complexity index is 3590. The summed E-state index contributed by atoms with van der Waals surface area (Å²) < 4.78 is 2.88. The third kappa shape index (κ3) is 7.65. The van der Waals surface area contributed by atoms with Gasteiger partial charge in [-0.1, -0.05) is 173 Å². The lowest BCUT2D eigenvalue weighted by Gasteiger charge is -2.49. The Kier molecular flexibility index (Phi) is 11.1. The third-order valence-electron chi connectivity index (χ3n) is 20.3. The summed E-state index contributed by atoms with van der Waals surface area (Å²) in [6, 6.07) is 38.1. The van der Waals surface area contributed by atoms with E-state index in [0.717, 1.165) is 6.42 Å². The number of thiophene rings is 1. The molecule has 5 aliphatic rings. The minimum atomic E-state index is -0.0613.